The summed E-state index contributed by atoms with van der Waals surface area (Å²) in [5, 5.41) is 5.98. The molecule has 1 amide bonds. The van der Waals surface area contributed by atoms with Gasteiger partial charge >= 0.3 is 0 Å². The van der Waals surface area contributed by atoms with Gasteiger partial charge in [0.1, 0.15) is 0 Å². The Balaban J connectivity index is 1.94. The van der Waals surface area contributed by atoms with E-state index >= 15 is 0 Å². The second-order valence-corrected chi connectivity index (χ2v) is 4.55. The van der Waals surface area contributed by atoms with E-state index in [9.17, 15) is 4.79 Å². The first-order valence-electron chi connectivity index (χ1n) is 6.20. The third-order valence-electron chi connectivity index (χ3n) is 3.27. The van der Waals surface area contributed by atoms with Gasteiger partial charge in [-0.15, -0.1) is 0 Å². The minimum atomic E-state index is -0.0488. The van der Waals surface area contributed by atoms with Gasteiger partial charge in [-0.05, 0) is 11.6 Å². The van der Waals surface area contributed by atoms with Crippen LogP contribution in [0.5, 0.6) is 0 Å². The second kappa shape index (κ2) is 4.72. The van der Waals surface area contributed by atoms with E-state index in [-0.39, 0.29) is 11.9 Å². The van der Waals surface area contributed by atoms with Gasteiger partial charge in [-0.25, -0.2) is 5.01 Å². The predicted octanol–water partition coefficient (Wildman–Crippen LogP) is 2.98. The number of hydrazone groups is 1. The summed E-state index contributed by atoms with van der Waals surface area (Å²) in [6.07, 6.45) is 3.99. The van der Waals surface area contributed by atoms with E-state index in [4.69, 9.17) is 4.42 Å². The summed E-state index contributed by atoms with van der Waals surface area (Å²) in [5.41, 5.74) is 2.92. The lowest BCUT2D eigenvalue weighted by atomic mass is 10.00. The first-order chi connectivity index (χ1) is 9.25. The Morgan fingerprint density at radius 3 is 2.74 bits per heavy atom. The van der Waals surface area contributed by atoms with Crippen molar-refractivity contribution in [3.63, 3.8) is 0 Å². The summed E-state index contributed by atoms with van der Waals surface area (Å²) in [7, 11) is 0. The van der Waals surface area contributed by atoms with Crippen molar-refractivity contribution in [3.8, 4) is 0 Å². The van der Waals surface area contributed by atoms with Gasteiger partial charge < -0.3 is 4.42 Å². The van der Waals surface area contributed by atoms with E-state index in [1.54, 1.807) is 17.5 Å². The quantitative estimate of drug-likeness (QED) is 0.827. The molecule has 4 nitrogen and oxygen atoms in total. The average molecular weight is 254 g/mol. The molecule has 3 rings (SSSR count). The number of benzene rings is 1. The summed E-state index contributed by atoms with van der Waals surface area (Å²) >= 11 is 0. The van der Waals surface area contributed by atoms with Crippen molar-refractivity contribution in [2.24, 2.45) is 5.10 Å². The predicted molar refractivity (Wildman–Crippen MR) is 71.6 cm³/mol. The molecule has 4 heteroatoms. The first-order valence-corrected chi connectivity index (χ1v) is 6.20. The van der Waals surface area contributed by atoms with Gasteiger partial charge in [-0.2, -0.15) is 5.10 Å². The molecule has 0 aliphatic carbocycles. The van der Waals surface area contributed by atoms with Crippen molar-refractivity contribution >= 4 is 11.6 Å². The number of rotatable bonds is 2. The molecule has 0 N–H and O–H groups in total. The van der Waals surface area contributed by atoms with Gasteiger partial charge in [0.2, 0.25) is 5.91 Å². The molecule has 19 heavy (non-hydrogen) atoms. The fourth-order valence-electron chi connectivity index (χ4n) is 2.34. The van der Waals surface area contributed by atoms with Crippen LogP contribution in [0, 0.1) is 0 Å². The Morgan fingerprint density at radius 1 is 1.32 bits per heavy atom. The maximum absolute atomic E-state index is 11.7. The van der Waals surface area contributed by atoms with Crippen LogP contribution in [0.2, 0.25) is 0 Å². The standard InChI is InChI=1S/C15H14N2O2/c1-11(18)17-15(12-5-3-2-4-6-12)9-14(16-17)13-7-8-19-10-13/h2-8,10,15H,9H2,1H3. The number of hydrogen-bond donors (Lipinski definition) is 0. The number of nitrogens with zero attached hydrogens (tertiary/aromatic N) is 2. The third kappa shape index (κ3) is 2.17. The Hall–Kier alpha value is -2.36. The Labute approximate surface area is 111 Å². The number of hydrogen-bond acceptors (Lipinski definition) is 3. The summed E-state index contributed by atoms with van der Waals surface area (Å²) in [6.45, 7) is 1.54. The highest BCUT2D eigenvalue weighted by atomic mass is 16.3. The SMILES string of the molecule is CC(=O)N1N=C(c2ccoc2)CC1c1ccccc1. The van der Waals surface area contributed by atoms with E-state index in [2.05, 4.69) is 5.10 Å². The van der Waals surface area contributed by atoms with Gasteiger partial charge in [0, 0.05) is 18.9 Å². The molecule has 1 aromatic heterocycles. The van der Waals surface area contributed by atoms with Crippen molar-refractivity contribution in [1.29, 1.82) is 0 Å². The molecule has 0 radical (unpaired) electrons. The number of amides is 1. The smallest absolute Gasteiger partial charge is 0.240 e. The van der Waals surface area contributed by atoms with Crippen LogP contribution >= 0.6 is 0 Å². The maximum atomic E-state index is 11.7. The molecule has 1 unspecified atom stereocenters. The molecule has 2 heterocycles. The van der Waals surface area contributed by atoms with Crippen LogP contribution in [0.1, 0.15) is 30.5 Å². The molecular weight excluding hydrogens is 240 g/mol. The normalized spacial score (nSPS) is 18.5. The number of furan rings is 1. The van der Waals surface area contributed by atoms with Crippen LogP contribution < -0.4 is 0 Å². The summed E-state index contributed by atoms with van der Waals surface area (Å²) in [6, 6.07) is 11.8. The molecule has 0 spiro atoms. The van der Waals surface area contributed by atoms with E-state index < -0.39 is 0 Å². The van der Waals surface area contributed by atoms with Crippen LogP contribution in [-0.4, -0.2) is 16.6 Å². The molecule has 96 valence electrons. The van der Waals surface area contributed by atoms with E-state index in [1.807, 2.05) is 36.4 Å². The second-order valence-electron chi connectivity index (χ2n) is 4.55. The monoisotopic (exact) mass is 254 g/mol. The Bertz CT molecular complexity index is 602. The number of carbonyl (C=O) groups excluding carboxylic acids is 1. The van der Waals surface area contributed by atoms with Crippen LogP contribution in [0.15, 0.2) is 58.4 Å². The molecule has 0 fully saturated rings. The Morgan fingerprint density at radius 2 is 2.11 bits per heavy atom. The molecule has 0 saturated carbocycles. The van der Waals surface area contributed by atoms with Crippen molar-refractivity contribution in [3.05, 3.63) is 60.1 Å². The van der Waals surface area contributed by atoms with Gasteiger partial charge in [0.05, 0.1) is 24.3 Å². The molecule has 0 saturated heterocycles. The fourth-order valence-corrected chi connectivity index (χ4v) is 2.34. The molecular formula is C15H14N2O2. The topological polar surface area (TPSA) is 45.8 Å². The molecule has 2 aromatic rings. The lowest BCUT2D eigenvalue weighted by Gasteiger charge is -2.20. The largest absolute Gasteiger partial charge is 0.472 e. The van der Waals surface area contributed by atoms with E-state index in [0.29, 0.717) is 6.42 Å². The van der Waals surface area contributed by atoms with Crippen molar-refractivity contribution in [2.45, 2.75) is 19.4 Å². The van der Waals surface area contributed by atoms with Crippen LogP contribution in [0.3, 0.4) is 0 Å². The summed E-state index contributed by atoms with van der Waals surface area (Å²) < 4.78 is 5.08. The minimum Gasteiger partial charge on any atom is -0.472 e. The highest BCUT2D eigenvalue weighted by Crippen LogP contribution is 2.32. The average Bonchev–Trinajstić information content (AvgIpc) is 3.08. The van der Waals surface area contributed by atoms with Crippen LogP contribution in [-0.2, 0) is 4.79 Å². The van der Waals surface area contributed by atoms with Crippen molar-refractivity contribution in [2.75, 3.05) is 0 Å². The molecule has 1 aliphatic heterocycles. The molecule has 1 aromatic carbocycles. The highest BCUT2D eigenvalue weighted by molar-refractivity contribution is 6.02. The zero-order chi connectivity index (χ0) is 13.2. The zero-order valence-electron chi connectivity index (χ0n) is 10.6. The van der Waals surface area contributed by atoms with Gasteiger partial charge in [0.15, 0.2) is 0 Å². The minimum absolute atomic E-state index is 0.0244. The van der Waals surface area contributed by atoms with Gasteiger partial charge in [-0.1, -0.05) is 30.3 Å². The van der Waals surface area contributed by atoms with Crippen LogP contribution in [0.4, 0.5) is 0 Å². The first kappa shape index (κ1) is 11.7. The third-order valence-corrected chi connectivity index (χ3v) is 3.27. The van der Waals surface area contributed by atoms with E-state index in [0.717, 1.165) is 16.8 Å². The van der Waals surface area contributed by atoms with Crippen LogP contribution in [0.25, 0.3) is 0 Å². The summed E-state index contributed by atoms with van der Waals surface area (Å²) in [5.74, 6) is -0.0488. The Kier molecular flexibility index (Phi) is 2.91. The van der Waals surface area contributed by atoms with E-state index in [1.165, 1.54) is 6.92 Å². The highest BCUT2D eigenvalue weighted by Gasteiger charge is 2.31. The molecule has 1 atom stereocenters. The fraction of sp³-hybridized carbons (Fsp3) is 0.200. The van der Waals surface area contributed by atoms with Crippen molar-refractivity contribution in [1.82, 2.24) is 5.01 Å². The maximum Gasteiger partial charge on any atom is 0.240 e. The number of carbonyl (C=O) groups is 1. The van der Waals surface area contributed by atoms with Gasteiger partial charge in [-0.3, -0.25) is 4.79 Å². The summed E-state index contributed by atoms with van der Waals surface area (Å²) in [4.78, 5) is 11.7. The van der Waals surface area contributed by atoms with Crippen molar-refractivity contribution < 1.29 is 9.21 Å². The molecule has 1 aliphatic rings. The lowest BCUT2D eigenvalue weighted by molar-refractivity contribution is -0.130. The van der Waals surface area contributed by atoms with Gasteiger partial charge in [0.25, 0.3) is 0 Å². The molecule has 0 bridgehead atoms. The zero-order valence-corrected chi connectivity index (χ0v) is 10.6. The lowest BCUT2D eigenvalue weighted by Crippen LogP contribution is -2.24.